The minimum absolute atomic E-state index is 0.412. The molecule has 6 aliphatic heterocycles. The fraction of sp³-hybridized carbons (Fsp3) is 0. The topological polar surface area (TPSA) is 0 Å². The molecular formula is C9S9. The van der Waals surface area contributed by atoms with E-state index < -0.39 is 0 Å². The van der Waals surface area contributed by atoms with Crippen molar-refractivity contribution in [3.05, 3.63) is 29.2 Å². The summed E-state index contributed by atoms with van der Waals surface area (Å²) in [5.41, 5.74) is 0. The van der Waals surface area contributed by atoms with E-state index in [9.17, 15) is 0 Å². The minimum atomic E-state index is 0.412. The van der Waals surface area contributed by atoms with Crippen LogP contribution < -0.4 is 15.7 Å². The van der Waals surface area contributed by atoms with Gasteiger partial charge in [0.15, 0.2) is 0 Å². The van der Waals surface area contributed by atoms with E-state index in [0.717, 1.165) is 0 Å². The molecule has 0 nitrogen and oxygen atoms in total. The molecule has 18 heavy (non-hydrogen) atoms. The maximum absolute atomic E-state index is 2.17. The minimum Gasteiger partial charge on any atom is -0.0500 e. The molecule has 0 spiro atoms. The predicted octanol–water partition coefficient (Wildman–Crippen LogP) is 4.41. The predicted molar refractivity (Wildman–Crippen MR) is 100 cm³/mol. The second kappa shape index (κ2) is 3.17. The quantitative estimate of drug-likeness (QED) is 0.467. The first-order valence-corrected chi connectivity index (χ1v) is 16.8. The van der Waals surface area contributed by atoms with Crippen LogP contribution in [0.25, 0.3) is 12.7 Å². The number of rotatable bonds is 0. The lowest BCUT2D eigenvalue weighted by Gasteiger charge is -2.08. The molecule has 6 heterocycles. The van der Waals surface area contributed by atoms with E-state index in [2.05, 4.69) is 64.8 Å². The zero-order chi connectivity index (χ0) is 11.2. The first kappa shape index (κ1) is 10.7. The molecule has 0 aliphatic carbocycles. The van der Waals surface area contributed by atoms with Crippen molar-refractivity contribution in [2.45, 2.75) is 0 Å². The van der Waals surface area contributed by atoms with Crippen LogP contribution >= 0.6 is 90.4 Å². The summed E-state index contributed by atoms with van der Waals surface area (Å²) in [7, 11) is 14.3. The van der Waals surface area contributed by atoms with Gasteiger partial charge in [0.1, 0.15) is 0 Å². The van der Waals surface area contributed by atoms with Gasteiger partial charge in [-0.15, -0.1) is 0 Å². The molecule has 0 amide bonds. The van der Waals surface area contributed by atoms with Gasteiger partial charge in [-0.05, 0) is 90.4 Å². The van der Waals surface area contributed by atoms with Crippen molar-refractivity contribution in [2.24, 2.45) is 0 Å². The molecule has 0 radical (unpaired) electrons. The van der Waals surface area contributed by atoms with Crippen LogP contribution in [0.3, 0.4) is 0 Å². The maximum atomic E-state index is 2.17. The third kappa shape index (κ3) is 0.947. The Labute approximate surface area is 130 Å². The molecule has 0 saturated carbocycles. The smallest absolute Gasteiger partial charge is 0.0500 e. The Hall–Kier alpha value is 1.98. The Morgan fingerprint density at radius 3 is 1.00 bits per heavy atom. The highest BCUT2D eigenvalue weighted by Crippen LogP contribution is 2.75. The van der Waals surface area contributed by atoms with Gasteiger partial charge in [-0.3, -0.25) is 0 Å². The zero-order valence-corrected chi connectivity index (χ0v) is 15.5. The van der Waals surface area contributed by atoms with Gasteiger partial charge >= 0.3 is 0 Å². The third-order valence-electron chi connectivity index (χ3n) is 3.38. The van der Waals surface area contributed by atoms with E-state index in [-0.39, 0.29) is 0 Å². The van der Waals surface area contributed by atoms with Crippen molar-refractivity contribution in [3.8, 4) is 0 Å². The molecular weight excluding hydrogens is 397 g/mol. The molecule has 0 aromatic heterocycles. The highest BCUT2D eigenvalue weighted by molar-refractivity contribution is 9.28. The lowest BCUT2D eigenvalue weighted by Crippen LogP contribution is -2.26. The summed E-state index contributed by atoms with van der Waals surface area (Å²) in [6.07, 6.45) is 0. The average Bonchev–Trinajstić information content (AvgIpc) is 3.05. The molecule has 0 unspecified atom stereocenters. The molecule has 0 atom stereocenters. The highest BCUT2D eigenvalue weighted by atomic mass is 33.5. The van der Waals surface area contributed by atoms with Crippen molar-refractivity contribution in [3.63, 3.8) is 0 Å². The molecule has 0 fully saturated rings. The second-order valence-electron chi connectivity index (χ2n) is 4.18. The van der Waals surface area contributed by atoms with Crippen LogP contribution in [0.5, 0.6) is 0 Å². The fourth-order valence-corrected chi connectivity index (χ4v) is 31.8. The van der Waals surface area contributed by atoms with Crippen molar-refractivity contribution < 1.29 is 0 Å². The maximum Gasteiger partial charge on any atom is 0.0722 e. The van der Waals surface area contributed by atoms with Gasteiger partial charge in [0.2, 0.25) is 0 Å². The number of benzene rings is 1. The molecule has 0 saturated heterocycles. The molecule has 0 N–H and O–H groups in total. The lowest BCUT2D eigenvalue weighted by atomic mass is 10.2. The second-order valence-corrected chi connectivity index (χ2v) is 21.9. The van der Waals surface area contributed by atoms with Gasteiger partial charge in [0, 0.05) is 29.2 Å². The summed E-state index contributed by atoms with van der Waals surface area (Å²) in [5.74, 6) is 0. The van der Waals surface area contributed by atoms with E-state index in [1.54, 1.807) is 41.9 Å². The van der Waals surface area contributed by atoms with Crippen LogP contribution in [0.4, 0.5) is 0 Å². The van der Waals surface area contributed by atoms with Crippen LogP contribution in [0.1, 0.15) is 0 Å². The van der Waals surface area contributed by atoms with E-state index in [0.29, 0.717) is 25.6 Å². The summed E-state index contributed by atoms with van der Waals surface area (Å²) < 4.78 is 10.3. The third-order valence-corrected chi connectivity index (χ3v) is 24.4. The molecule has 0 bridgehead atoms. The molecule has 6 aliphatic rings. The Morgan fingerprint density at radius 2 is 0.722 bits per heavy atom. The van der Waals surface area contributed by atoms with E-state index >= 15 is 0 Å². The zero-order valence-electron chi connectivity index (χ0n) is 8.17. The largest absolute Gasteiger partial charge is 0.0722 e. The average molecular weight is 397 g/mol. The van der Waals surface area contributed by atoms with E-state index in [4.69, 9.17) is 0 Å². The summed E-state index contributed by atoms with van der Waals surface area (Å²) in [4.78, 5) is 0. The van der Waals surface area contributed by atoms with Gasteiger partial charge < -0.3 is 0 Å². The summed E-state index contributed by atoms with van der Waals surface area (Å²) >= 11 is 0. The Bertz CT molecular complexity index is 850. The van der Waals surface area contributed by atoms with E-state index in [1.165, 1.54) is 0 Å². The highest BCUT2D eigenvalue weighted by Gasteiger charge is 2.39. The van der Waals surface area contributed by atoms with Gasteiger partial charge in [0.05, 0.1) is 12.7 Å². The fourth-order valence-electron chi connectivity index (χ4n) is 2.75. The Kier molecular flexibility index (Phi) is 1.88. The van der Waals surface area contributed by atoms with Crippen LogP contribution in [-0.4, -0.2) is 0 Å². The molecule has 7 rings (SSSR count). The first-order chi connectivity index (χ1) is 8.90. The Balaban J connectivity index is 2.17. The standard InChI is InChI=1S/C9S9/c10-7-1-4-2-6-3-5(1)17(11-7)13-9(3)15-18(6)14-8(2)12-16(4)10. The first-order valence-electron chi connectivity index (χ1n) is 5.09. The van der Waals surface area contributed by atoms with Crippen molar-refractivity contribution in [1.29, 1.82) is 0 Å². The van der Waals surface area contributed by atoms with Crippen molar-refractivity contribution in [2.75, 3.05) is 0 Å². The molecule has 9 heteroatoms. The van der Waals surface area contributed by atoms with Crippen LogP contribution in [0, 0.1) is 13.5 Å². The lowest BCUT2D eigenvalue weighted by molar-refractivity contribution is 1.42. The van der Waals surface area contributed by atoms with Gasteiger partial charge in [-0.25, -0.2) is 0 Å². The molecule has 90 valence electrons. The summed E-state index contributed by atoms with van der Waals surface area (Å²) in [6, 6.07) is 0. The molecule has 1 aromatic carbocycles. The number of hydrogen-bond acceptors (Lipinski definition) is 6. The Morgan fingerprint density at radius 1 is 0.444 bits per heavy atom. The monoisotopic (exact) mass is 396 g/mol. The van der Waals surface area contributed by atoms with Crippen LogP contribution in [0.2, 0.25) is 0 Å². The molecule has 1 aromatic rings. The van der Waals surface area contributed by atoms with Gasteiger partial charge in [-0.1, -0.05) is 0 Å². The SMILES string of the molecule is S1C2=c3c4c5c6c7c3=S(S2)SC=7SS=6SC=5SS=41. The van der Waals surface area contributed by atoms with Crippen LogP contribution in [-0.2, 0) is 0 Å². The van der Waals surface area contributed by atoms with E-state index in [1.807, 2.05) is 0 Å². The van der Waals surface area contributed by atoms with Crippen LogP contribution in [0.15, 0.2) is 0 Å². The normalized spacial score (nSPS) is 38.0. The van der Waals surface area contributed by atoms with Gasteiger partial charge in [-0.2, -0.15) is 0 Å². The summed E-state index contributed by atoms with van der Waals surface area (Å²) in [6.45, 7) is 0. The van der Waals surface area contributed by atoms with Crippen molar-refractivity contribution in [1.82, 2.24) is 0 Å². The number of hydrogen-bond donors (Lipinski definition) is 0. The van der Waals surface area contributed by atoms with Gasteiger partial charge in [0.25, 0.3) is 0 Å². The van der Waals surface area contributed by atoms with Crippen molar-refractivity contribution >= 4 is 103 Å². The summed E-state index contributed by atoms with van der Waals surface area (Å²) in [5, 5.41) is 5.14.